The lowest BCUT2D eigenvalue weighted by Crippen LogP contribution is -2.47. The van der Waals surface area contributed by atoms with E-state index in [0.29, 0.717) is 31.0 Å². The SMILES string of the molecule is O=C([C@@H]1COc2ccccc2O1)N1CC[C@@H](N2C(=O)COC2=O)C1. The van der Waals surface area contributed by atoms with Crippen LogP contribution in [0.25, 0.3) is 0 Å². The number of imide groups is 1. The fourth-order valence-corrected chi connectivity index (χ4v) is 3.21. The molecule has 3 aliphatic rings. The number of benzene rings is 1. The Labute approximate surface area is 137 Å². The van der Waals surface area contributed by atoms with Crippen molar-refractivity contribution in [2.75, 3.05) is 26.3 Å². The number of nitrogens with zero attached hydrogens (tertiary/aromatic N) is 2. The first-order valence-electron chi connectivity index (χ1n) is 7.79. The minimum atomic E-state index is -0.722. The molecule has 3 aliphatic heterocycles. The van der Waals surface area contributed by atoms with Gasteiger partial charge in [-0.3, -0.25) is 9.59 Å². The predicted molar refractivity (Wildman–Crippen MR) is 79.5 cm³/mol. The van der Waals surface area contributed by atoms with Gasteiger partial charge in [-0.1, -0.05) is 12.1 Å². The zero-order valence-electron chi connectivity index (χ0n) is 12.8. The van der Waals surface area contributed by atoms with Crippen LogP contribution < -0.4 is 9.47 Å². The highest BCUT2D eigenvalue weighted by Gasteiger charge is 2.43. The van der Waals surface area contributed by atoms with Gasteiger partial charge in [0.1, 0.15) is 6.61 Å². The van der Waals surface area contributed by atoms with Crippen LogP contribution in [0.15, 0.2) is 24.3 Å². The summed E-state index contributed by atoms with van der Waals surface area (Å²) in [6, 6.07) is 6.84. The number of hydrogen-bond acceptors (Lipinski definition) is 6. The van der Waals surface area contributed by atoms with Gasteiger partial charge in [-0.05, 0) is 18.6 Å². The van der Waals surface area contributed by atoms with Crippen molar-refractivity contribution in [3.05, 3.63) is 24.3 Å². The van der Waals surface area contributed by atoms with Crippen LogP contribution >= 0.6 is 0 Å². The van der Waals surface area contributed by atoms with Crippen LogP contribution in [-0.4, -0.2) is 66.2 Å². The maximum atomic E-state index is 12.6. The minimum absolute atomic E-state index is 0.141. The van der Waals surface area contributed by atoms with Crippen LogP contribution in [0.1, 0.15) is 6.42 Å². The molecule has 0 bridgehead atoms. The topological polar surface area (TPSA) is 85.4 Å². The lowest BCUT2D eigenvalue weighted by atomic mass is 10.2. The second-order valence-electron chi connectivity index (χ2n) is 5.91. The van der Waals surface area contributed by atoms with E-state index in [0.717, 1.165) is 4.90 Å². The Bertz CT molecular complexity index is 690. The molecule has 24 heavy (non-hydrogen) atoms. The van der Waals surface area contributed by atoms with E-state index in [1.165, 1.54) is 0 Å². The quantitative estimate of drug-likeness (QED) is 0.780. The summed E-state index contributed by atoms with van der Waals surface area (Å²) >= 11 is 0. The van der Waals surface area contributed by atoms with Gasteiger partial charge in [0.15, 0.2) is 18.1 Å². The Morgan fingerprint density at radius 2 is 1.92 bits per heavy atom. The van der Waals surface area contributed by atoms with Gasteiger partial charge >= 0.3 is 6.09 Å². The smallest absolute Gasteiger partial charge is 0.417 e. The van der Waals surface area contributed by atoms with Gasteiger partial charge in [-0.25, -0.2) is 9.69 Å². The molecule has 4 rings (SSSR count). The average molecular weight is 332 g/mol. The fourth-order valence-electron chi connectivity index (χ4n) is 3.21. The van der Waals surface area contributed by atoms with E-state index >= 15 is 0 Å². The van der Waals surface area contributed by atoms with Crippen LogP contribution in [-0.2, 0) is 14.3 Å². The van der Waals surface area contributed by atoms with Gasteiger partial charge in [0.25, 0.3) is 11.8 Å². The van der Waals surface area contributed by atoms with Crippen molar-refractivity contribution < 1.29 is 28.6 Å². The maximum absolute atomic E-state index is 12.6. The zero-order chi connectivity index (χ0) is 16.7. The molecule has 2 fully saturated rings. The van der Waals surface area contributed by atoms with Crippen molar-refractivity contribution in [1.29, 1.82) is 0 Å². The van der Waals surface area contributed by atoms with Gasteiger partial charge in [0.05, 0.1) is 6.04 Å². The number of ether oxygens (including phenoxy) is 3. The van der Waals surface area contributed by atoms with Gasteiger partial charge in [-0.2, -0.15) is 0 Å². The summed E-state index contributed by atoms with van der Waals surface area (Å²) in [7, 11) is 0. The van der Waals surface area contributed by atoms with E-state index in [-0.39, 0.29) is 31.1 Å². The highest BCUT2D eigenvalue weighted by atomic mass is 16.6. The van der Waals surface area contributed by atoms with Crippen molar-refractivity contribution in [1.82, 2.24) is 9.80 Å². The fraction of sp³-hybridized carbons (Fsp3) is 0.438. The number of rotatable bonds is 2. The van der Waals surface area contributed by atoms with Crippen molar-refractivity contribution in [2.45, 2.75) is 18.6 Å². The zero-order valence-corrected chi connectivity index (χ0v) is 12.8. The molecule has 2 saturated heterocycles. The number of fused-ring (bicyclic) bond motifs is 1. The molecule has 0 aromatic heterocycles. The Morgan fingerprint density at radius 3 is 2.67 bits per heavy atom. The van der Waals surface area contributed by atoms with Crippen LogP contribution in [0.4, 0.5) is 4.79 Å². The Hall–Kier alpha value is -2.77. The Morgan fingerprint density at radius 1 is 1.12 bits per heavy atom. The first-order valence-corrected chi connectivity index (χ1v) is 7.79. The number of cyclic esters (lactones) is 1. The number of carbonyl (C=O) groups is 3. The summed E-state index contributed by atoms with van der Waals surface area (Å²) < 4.78 is 16.0. The van der Waals surface area contributed by atoms with Crippen LogP contribution in [0, 0.1) is 0 Å². The molecule has 2 atom stereocenters. The molecule has 0 spiro atoms. The molecule has 0 unspecified atom stereocenters. The first kappa shape index (κ1) is 14.8. The normalized spacial score (nSPS) is 25.8. The van der Waals surface area contributed by atoms with E-state index in [1.54, 1.807) is 17.0 Å². The summed E-state index contributed by atoms with van der Waals surface area (Å²) in [6.07, 6.45) is -0.818. The Kier molecular flexibility index (Phi) is 3.51. The first-order chi connectivity index (χ1) is 11.6. The number of likely N-dealkylation sites (tertiary alicyclic amines) is 1. The van der Waals surface area contributed by atoms with E-state index in [1.807, 2.05) is 12.1 Å². The third kappa shape index (κ3) is 2.44. The molecule has 3 amide bonds. The summed E-state index contributed by atoms with van der Waals surface area (Å²) in [6.45, 7) is 0.671. The summed E-state index contributed by atoms with van der Waals surface area (Å²) in [4.78, 5) is 38.7. The largest absolute Gasteiger partial charge is 0.485 e. The van der Waals surface area contributed by atoms with E-state index < -0.39 is 12.2 Å². The third-order valence-corrected chi connectivity index (χ3v) is 4.41. The third-order valence-electron chi connectivity index (χ3n) is 4.41. The van der Waals surface area contributed by atoms with Crippen molar-refractivity contribution >= 4 is 17.9 Å². The second-order valence-corrected chi connectivity index (χ2v) is 5.91. The highest BCUT2D eigenvalue weighted by Crippen LogP contribution is 2.31. The molecular formula is C16H16N2O6. The summed E-state index contributed by atoms with van der Waals surface area (Å²) in [5.41, 5.74) is 0. The minimum Gasteiger partial charge on any atom is -0.485 e. The van der Waals surface area contributed by atoms with E-state index in [2.05, 4.69) is 0 Å². The molecule has 8 nitrogen and oxygen atoms in total. The van der Waals surface area contributed by atoms with Crippen LogP contribution in [0.5, 0.6) is 11.5 Å². The van der Waals surface area contributed by atoms with Gasteiger partial charge in [0.2, 0.25) is 6.10 Å². The van der Waals surface area contributed by atoms with Gasteiger partial charge < -0.3 is 19.1 Å². The summed E-state index contributed by atoms with van der Waals surface area (Å²) in [5, 5.41) is 0. The molecular weight excluding hydrogens is 316 g/mol. The van der Waals surface area contributed by atoms with Crippen molar-refractivity contribution in [2.24, 2.45) is 0 Å². The molecule has 3 heterocycles. The maximum Gasteiger partial charge on any atom is 0.417 e. The number of hydrogen-bond donors (Lipinski definition) is 0. The summed E-state index contributed by atoms with van der Waals surface area (Å²) in [5.74, 6) is 0.597. The number of para-hydroxylation sites is 2. The van der Waals surface area contributed by atoms with Crippen LogP contribution in [0.3, 0.4) is 0 Å². The van der Waals surface area contributed by atoms with E-state index in [9.17, 15) is 14.4 Å². The number of carbonyl (C=O) groups excluding carboxylic acids is 3. The highest BCUT2D eigenvalue weighted by molar-refractivity contribution is 5.98. The predicted octanol–water partition coefficient (Wildman–Crippen LogP) is 0.406. The molecule has 126 valence electrons. The Balaban J connectivity index is 1.41. The lowest BCUT2D eigenvalue weighted by Gasteiger charge is -2.29. The van der Waals surface area contributed by atoms with Gasteiger partial charge in [-0.15, -0.1) is 0 Å². The van der Waals surface area contributed by atoms with Crippen molar-refractivity contribution in [3.8, 4) is 11.5 Å². The van der Waals surface area contributed by atoms with E-state index in [4.69, 9.17) is 14.2 Å². The molecule has 0 radical (unpaired) electrons. The number of amides is 3. The standard InChI is InChI=1S/C16H16N2O6/c19-14-9-23-16(21)18(14)10-5-6-17(7-10)15(20)13-8-22-11-3-1-2-4-12(11)24-13/h1-4,10,13H,5-9H2/t10-,13+/m1/s1. The molecule has 1 aromatic rings. The molecule has 8 heteroatoms. The molecule has 0 saturated carbocycles. The van der Waals surface area contributed by atoms with Crippen LogP contribution in [0.2, 0.25) is 0 Å². The second kappa shape index (κ2) is 5.70. The van der Waals surface area contributed by atoms with Crippen molar-refractivity contribution in [3.63, 3.8) is 0 Å². The average Bonchev–Trinajstić information content (AvgIpc) is 3.20. The molecule has 0 aliphatic carbocycles. The van der Waals surface area contributed by atoms with Gasteiger partial charge in [0, 0.05) is 13.1 Å². The monoisotopic (exact) mass is 332 g/mol. The lowest BCUT2D eigenvalue weighted by molar-refractivity contribution is -0.140. The molecule has 1 aromatic carbocycles. The molecule has 0 N–H and O–H groups in total.